The zero-order valence-electron chi connectivity index (χ0n) is 8.56. The quantitative estimate of drug-likeness (QED) is 0.590. The largest absolute Gasteiger partial charge is 0.529 e. The highest BCUT2D eigenvalue weighted by atomic mass is 35.5. The Kier molecular flexibility index (Phi) is 5.59. The lowest BCUT2D eigenvalue weighted by Gasteiger charge is -2.15. The van der Waals surface area contributed by atoms with Gasteiger partial charge in [-0.25, -0.2) is 4.57 Å². The van der Waals surface area contributed by atoms with E-state index in [4.69, 9.17) is 36.8 Å². The highest BCUT2D eigenvalue weighted by Crippen LogP contribution is 2.48. The van der Waals surface area contributed by atoms with Crippen LogP contribution in [-0.2, 0) is 13.6 Å². The lowest BCUT2D eigenvalue weighted by Crippen LogP contribution is -2.02. The lowest BCUT2D eigenvalue weighted by atomic mass is 10.3. The highest BCUT2D eigenvalue weighted by molar-refractivity contribution is 7.48. The number of alkyl halides is 1. The summed E-state index contributed by atoms with van der Waals surface area (Å²) >= 11 is 11.1. The van der Waals surface area contributed by atoms with Crippen LogP contribution >= 0.6 is 31.0 Å². The zero-order valence-corrected chi connectivity index (χ0v) is 11.0. The molecular weight excluding hydrogens is 274 g/mol. The smallest absolute Gasteiger partial charge is 0.404 e. The fourth-order valence-electron chi connectivity index (χ4n) is 0.887. The van der Waals surface area contributed by atoms with Crippen LogP contribution < -0.4 is 4.52 Å². The van der Waals surface area contributed by atoms with Gasteiger partial charge in [-0.15, -0.1) is 11.6 Å². The summed E-state index contributed by atoms with van der Waals surface area (Å²) in [4.78, 5) is 0. The van der Waals surface area contributed by atoms with Crippen LogP contribution in [0.25, 0.3) is 0 Å². The van der Waals surface area contributed by atoms with Crippen molar-refractivity contribution in [3.8, 4) is 5.75 Å². The molecule has 4 nitrogen and oxygen atoms in total. The van der Waals surface area contributed by atoms with Crippen LogP contribution in [0.1, 0.15) is 0 Å². The molecule has 7 heteroatoms. The number of halogens is 2. The van der Waals surface area contributed by atoms with Crippen LogP contribution in [0.5, 0.6) is 5.75 Å². The number of hydrogen-bond acceptors (Lipinski definition) is 4. The van der Waals surface area contributed by atoms with Gasteiger partial charge in [-0.2, -0.15) is 0 Å². The van der Waals surface area contributed by atoms with Crippen molar-refractivity contribution in [1.82, 2.24) is 0 Å². The number of rotatable bonds is 6. The second kappa shape index (κ2) is 6.48. The first-order chi connectivity index (χ1) is 7.59. The predicted molar refractivity (Wildman–Crippen MR) is 63.4 cm³/mol. The summed E-state index contributed by atoms with van der Waals surface area (Å²) in [7, 11) is -2.34. The molecule has 1 aromatic carbocycles. The van der Waals surface area contributed by atoms with Crippen molar-refractivity contribution in [2.45, 2.75) is 0 Å². The molecule has 0 bridgehead atoms. The number of benzene rings is 1. The van der Waals surface area contributed by atoms with Gasteiger partial charge in [0.15, 0.2) is 0 Å². The SMILES string of the molecule is COP(=O)(OCCCl)Oc1ccc(Cl)cc1. The van der Waals surface area contributed by atoms with E-state index in [1.165, 1.54) is 7.11 Å². The molecular formula is C9H11Cl2O4P. The number of phosphoric acid groups is 1. The van der Waals surface area contributed by atoms with E-state index in [1.54, 1.807) is 24.3 Å². The summed E-state index contributed by atoms with van der Waals surface area (Å²) in [5.74, 6) is 0.557. The van der Waals surface area contributed by atoms with E-state index in [0.717, 1.165) is 0 Å². The fourth-order valence-corrected chi connectivity index (χ4v) is 2.13. The second-order valence-corrected chi connectivity index (χ2v) is 5.21. The van der Waals surface area contributed by atoms with Gasteiger partial charge >= 0.3 is 7.82 Å². The summed E-state index contributed by atoms with van der Waals surface area (Å²) in [6.45, 7) is 0.0836. The molecule has 0 amide bonds. The monoisotopic (exact) mass is 284 g/mol. The van der Waals surface area contributed by atoms with Crippen molar-refractivity contribution in [1.29, 1.82) is 0 Å². The third-order valence-electron chi connectivity index (χ3n) is 1.58. The van der Waals surface area contributed by atoms with Crippen molar-refractivity contribution < 1.29 is 18.1 Å². The summed E-state index contributed by atoms with van der Waals surface area (Å²) in [5.41, 5.74) is 0. The van der Waals surface area contributed by atoms with E-state index in [-0.39, 0.29) is 12.5 Å². The fraction of sp³-hybridized carbons (Fsp3) is 0.333. The van der Waals surface area contributed by atoms with E-state index >= 15 is 0 Å². The van der Waals surface area contributed by atoms with Crippen LogP contribution in [0, 0.1) is 0 Å². The molecule has 0 radical (unpaired) electrons. The molecule has 0 aromatic heterocycles. The lowest BCUT2D eigenvalue weighted by molar-refractivity contribution is 0.188. The molecule has 0 aliphatic heterocycles. The van der Waals surface area contributed by atoms with Crippen LogP contribution in [0.3, 0.4) is 0 Å². The van der Waals surface area contributed by atoms with Crippen LogP contribution in [0.15, 0.2) is 24.3 Å². The van der Waals surface area contributed by atoms with Gasteiger partial charge in [-0.1, -0.05) is 11.6 Å². The average Bonchev–Trinajstić information content (AvgIpc) is 2.30. The molecule has 0 N–H and O–H groups in total. The number of hydrogen-bond donors (Lipinski definition) is 0. The maximum absolute atomic E-state index is 11.8. The summed E-state index contributed by atoms with van der Waals surface area (Å²) in [6.07, 6.45) is 0. The van der Waals surface area contributed by atoms with E-state index in [1.807, 2.05) is 0 Å². The molecule has 0 aliphatic rings. The van der Waals surface area contributed by atoms with Crippen molar-refractivity contribution >= 4 is 31.0 Å². The van der Waals surface area contributed by atoms with Gasteiger partial charge in [0, 0.05) is 18.0 Å². The van der Waals surface area contributed by atoms with Gasteiger partial charge in [0.25, 0.3) is 0 Å². The Morgan fingerprint density at radius 2 is 1.94 bits per heavy atom. The Balaban J connectivity index is 2.69. The average molecular weight is 285 g/mol. The molecule has 0 saturated heterocycles. The Bertz CT molecular complexity index is 368. The molecule has 1 unspecified atom stereocenters. The first kappa shape index (κ1) is 13.8. The molecule has 90 valence electrons. The topological polar surface area (TPSA) is 44.8 Å². The van der Waals surface area contributed by atoms with E-state index in [2.05, 4.69) is 0 Å². The van der Waals surface area contributed by atoms with Crippen LogP contribution in [-0.4, -0.2) is 19.6 Å². The van der Waals surface area contributed by atoms with Crippen molar-refractivity contribution in [2.75, 3.05) is 19.6 Å². The summed E-state index contributed by atoms with van der Waals surface area (Å²) < 4.78 is 26.5. The molecule has 1 atom stereocenters. The standard InChI is InChI=1S/C9H11Cl2O4P/c1-13-16(12,14-7-6-10)15-9-4-2-8(11)3-5-9/h2-5H,6-7H2,1H3. The van der Waals surface area contributed by atoms with Crippen LogP contribution in [0.4, 0.5) is 0 Å². The van der Waals surface area contributed by atoms with Gasteiger partial charge in [0.1, 0.15) is 5.75 Å². The maximum Gasteiger partial charge on any atom is 0.529 e. The zero-order chi connectivity index (χ0) is 12.0. The first-order valence-corrected chi connectivity index (χ1v) is 6.78. The minimum absolute atomic E-state index is 0.0836. The Hall–Kier alpha value is -0.250. The molecule has 0 spiro atoms. The van der Waals surface area contributed by atoms with E-state index < -0.39 is 7.82 Å². The first-order valence-electron chi connectivity index (χ1n) is 4.41. The van der Waals surface area contributed by atoms with Crippen molar-refractivity contribution in [3.05, 3.63) is 29.3 Å². The third-order valence-corrected chi connectivity index (χ3v) is 3.37. The van der Waals surface area contributed by atoms with E-state index in [0.29, 0.717) is 10.8 Å². The molecule has 0 heterocycles. The minimum Gasteiger partial charge on any atom is -0.404 e. The van der Waals surface area contributed by atoms with Gasteiger partial charge < -0.3 is 4.52 Å². The van der Waals surface area contributed by atoms with Gasteiger partial charge in [0.05, 0.1) is 6.61 Å². The van der Waals surface area contributed by atoms with E-state index in [9.17, 15) is 4.57 Å². The summed E-state index contributed by atoms with van der Waals surface area (Å²) in [5, 5.41) is 0.557. The highest BCUT2D eigenvalue weighted by Gasteiger charge is 2.26. The molecule has 0 fully saturated rings. The Labute approximate surface area is 104 Å². The molecule has 1 aromatic rings. The van der Waals surface area contributed by atoms with Gasteiger partial charge in [-0.3, -0.25) is 9.05 Å². The molecule has 16 heavy (non-hydrogen) atoms. The van der Waals surface area contributed by atoms with Gasteiger partial charge in [-0.05, 0) is 24.3 Å². The third kappa shape index (κ3) is 4.32. The Morgan fingerprint density at radius 3 is 2.44 bits per heavy atom. The van der Waals surface area contributed by atoms with Crippen LogP contribution in [0.2, 0.25) is 5.02 Å². The second-order valence-electron chi connectivity index (χ2n) is 2.70. The predicted octanol–water partition coefficient (Wildman–Crippen LogP) is 3.73. The maximum atomic E-state index is 11.8. The minimum atomic E-state index is -3.58. The molecule has 0 aliphatic carbocycles. The van der Waals surface area contributed by atoms with Crippen molar-refractivity contribution in [2.24, 2.45) is 0 Å². The summed E-state index contributed by atoms with van der Waals surface area (Å²) in [6, 6.07) is 6.35. The molecule has 1 rings (SSSR count). The number of phosphoric ester groups is 1. The van der Waals surface area contributed by atoms with Gasteiger partial charge in [0.2, 0.25) is 0 Å². The normalized spacial score (nSPS) is 14.4. The van der Waals surface area contributed by atoms with Crippen molar-refractivity contribution in [3.63, 3.8) is 0 Å². The molecule has 0 saturated carbocycles. The Morgan fingerprint density at radius 1 is 1.31 bits per heavy atom.